The van der Waals surface area contributed by atoms with Crippen LogP contribution in [0, 0.1) is 0 Å². The average Bonchev–Trinajstić information content (AvgIpc) is 3.02. The molecule has 0 spiro atoms. The lowest BCUT2D eigenvalue weighted by Crippen LogP contribution is -2.17. The van der Waals surface area contributed by atoms with Crippen LogP contribution in [0.3, 0.4) is 0 Å². The normalized spacial score (nSPS) is 11.8. The van der Waals surface area contributed by atoms with Crippen LogP contribution in [0.15, 0.2) is 46.9 Å². The van der Waals surface area contributed by atoms with Crippen molar-refractivity contribution in [1.29, 1.82) is 0 Å². The Morgan fingerprint density at radius 2 is 1.92 bits per heavy atom. The molecule has 0 radical (unpaired) electrons. The Bertz CT molecular complexity index is 850. The van der Waals surface area contributed by atoms with Crippen molar-refractivity contribution in [2.45, 2.75) is 39.0 Å². The molecular formula is C21H23BrO2S. The molecule has 3 rings (SSSR count). The van der Waals surface area contributed by atoms with Crippen LogP contribution >= 0.6 is 27.3 Å². The highest BCUT2D eigenvalue weighted by atomic mass is 79.9. The van der Waals surface area contributed by atoms with Gasteiger partial charge in [0.2, 0.25) is 0 Å². The van der Waals surface area contributed by atoms with Crippen LogP contribution in [-0.2, 0) is 5.41 Å². The molecule has 0 amide bonds. The summed E-state index contributed by atoms with van der Waals surface area (Å²) in [7, 11) is 0. The highest BCUT2D eigenvalue weighted by Crippen LogP contribution is 2.44. The molecule has 0 bridgehead atoms. The quantitative estimate of drug-likeness (QED) is 0.442. The van der Waals surface area contributed by atoms with Crippen molar-refractivity contribution < 1.29 is 9.84 Å². The van der Waals surface area contributed by atoms with Gasteiger partial charge in [-0.3, -0.25) is 0 Å². The zero-order valence-corrected chi connectivity index (χ0v) is 17.2. The number of aromatic hydroxyl groups is 1. The van der Waals surface area contributed by atoms with Crippen molar-refractivity contribution >= 4 is 37.4 Å². The molecule has 1 N–H and O–H groups in total. The summed E-state index contributed by atoms with van der Waals surface area (Å²) in [6.45, 7) is 7.09. The van der Waals surface area contributed by atoms with E-state index < -0.39 is 0 Å². The van der Waals surface area contributed by atoms with Gasteiger partial charge in [0, 0.05) is 26.6 Å². The second kappa shape index (κ2) is 7.38. The summed E-state index contributed by atoms with van der Waals surface area (Å²) in [5.41, 5.74) is 0.604. The molecule has 0 aliphatic carbocycles. The third kappa shape index (κ3) is 3.70. The maximum atomic E-state index is 10.6. The molecule has 0 fully saturated rings. The lowest BCUT2D eigenvalue weighted by molar-refractivity contribution is 0.305. The predicted molar refractivity (Wildman–Crippen MR) is 110 cm³/mol. The van der Waals surface area contributed by atoms with Crippen LogP contribution in [-0.4, -0.2) is 11.7 Å². The Morgan fingerprint density at radius 1 is 1.16 bits per heavy atom. The van der Waals surface area contributed by atoms with Crippen molar-refractivity contribution in [3.63, 3.8) is 0 Å². The second-order valence-electron chi connectivity index (χ2n) is 6.78. The van der Waals surface area contributed by atoms with Gasteiger partial charge < -0.3 is 9.84 Å². The Morgan fingerprint density at radius 3 is 2.64 bits per heavy atom. The molecule has 4 heteroatoms. The van der Waals surface area contributed by atoms with Gasteiger partial charge in [-0.05, 0) is 45.9 Å². The molecule has 0 saturated carbocycles. The van der Waals surface area contributed by atoms with Crippen molar-refractivity contribution in [2.24, 2.45) is 0 Å². The molecule has 3 aromatic rings. The molecule has 0 unspecified atom stereocenters. The smallest absolute Gasteiger partial charge is 0.137 e. The number of thiophene rings is 1. The first-order valence-corrected chi connectivity index (χ1v) is 10.2. The largest absolute Gasteiger partial charge is 0.507 e. The summed E-state index contributed by atoms with van der Waals surface area (Å²) in [4.78, 5) is 1.23. The van der Waals surface area contributed by atoms with Gasteiger partial charge in [0.05, 0.1) is 11.1 Å². The summed E-state index contributed by atoms with van der Waals surface area (Å²) in [5, 5.41) is 11.9. The molecular weight excluding hydrogens is 396 g/mol. The number of rotatable bonds is 6. The minimum absolute atomic E-state index is 0.275. The summed E-state index contributed by atoms with van der Waals surface area (Å²) >= 11 is 5.38. The zero-order chi connectivity index (χ0) is 18.0. The molecule has 1 heterocycles. The zero-order valence-electron chi connectivity index (χ0n) is 14.8. The number of hydrogen-bond donors (Lipinski definition) is 1. The molecule has 2 nitrogen and oxygen atoms in total. The third-order valence-corrected chi connectivity index (χ3v) is 6.58. The number of fused-ring (bicyclic) bond motifs is 1. The maximum Gasteiger partial charge on any atom is 0.137 e. The summed E-state index contributed by atoms with van der Waals surface area (Å²) in [6.07, 6.45) is 2.09. The van der Waals surface area contributed by atoms with E-state index in [1.165, 1.54) is 15.0 Å². The van der Waals surface area contributed by atoms with E-state index >= 15 is 0 Å². The Labute approximate surface area is 161 Å². The van der Waals surface area contributed by atoms with Crippen molar-refractivity contribution in [3.05, 3.63) is 57.4 Å². The number of benzene rings is 2. The number of halogens is 1. The van der Waals surface area contributed by atoms with E-state index in [2.05, 4.69) is 67.0 Å². The number of phenols is 1. The number of phenolic OH excluding ortho intramolecular Hbond substituents is 1. The lowest BCUT2D eigenvalue weighted by atomic mass is 9.82. The fourth-order valence-electron chi connectivity index (χ4n) is 2.90. The molecule has 132 valence electrons. The van der Waals surface area contributed by atoms with Gasteiger partial charge in [0.1, 0.15) is 11.5 Å². The van der Waals surface area contributed by atoms with E-state index in [0.717, 1.165) is 22.9 Å². The average molecular weight is 419 g/mol. The van der Waals surface area contributed by atoms with Crippen LogP contribution in [0.2, 0.25) is 0 Å². The standard InChI is InChI=1S/C21H23BrO2S/c1-4-5-10-24-18-13-17(23)15(12-16(18)22)21(2,3)20-11-14-8-6-7-9-19(14)25-20/h6-9,11-13,23H,4-5,10H2,1-3H3. The van der Waals surface area contributed by atoms with E-state index in [0.29, 0.717) is 12.4 Å². The van der Waals surface area contributed by atoms with Gasteiger partial charge in [-0.15, -0.1) is 11.3 Å². The third-order valence-electron chi connectivity index (χ3n) is 4.52. The molecule has 1 aromatic heterocycles. The van der Waals surface area contributed by atoms with Crippen LogP contribution in [0.25, 0.3) is 10.1 Å². The van der Waals surface area contributed by atoms with E-state index in [-0.39, 0.29) is 11.2 Å². The van der Waals surface area contributed by atoms with Crippen molar-refractivity contribution in [3.8, 4) is 11.5 Å². The van der Waals surface area contributed by atoms with Gasteiger partial charge in [0.15, 0.2) is 0 Å². The van der Waals surface area contributed by atoms with Gasteiger partial charge in [-0.2, -0.15) is 0 Å². The molecule has 2 aromatic carbocycles. The molecule has 0 aliphatic rings. The number of hydrogen-bond acceptors (Lipinski definition) is 3. The maximum absolute atomic E-state index is 10.6. The highest BCUT2D eigenvalue weighted by Gasteiger charge is 2.29. The van der Waals surface area contributed by atoms with E-state index in [4.69, 9.17) is 4.74 Å². The first-order valence-electron chi connectivity index (χ1n) is 8.58. The lowest BCUT2D eigenvalue weighted by Gasteiger charge is -2.26. The van der Waals surface area contributed by atoms with Crippen LogP contribution in [0.1, 0.15) is 44.1 Å². The molecule has 0 saturated heterocycles. The fourth-order valence-corrected chi connectivity index (χ4v) is 4.54. The van der Waals surface area contributed by atoms with Gasteiger partial charge >= 0.3 is 0 Å². The van der Waals surface area contributed by atoms with E-state index in [1.54, 1.807) is 17.4 Å². The van der Waals surface area contributed by atoms with Crippen LogP contribution < -0.4 is 4.74 Å². The minimum atomic E-state index is -0.293. The van der Waals surface area contributed by atoms with E-state index in [9.17, 15) is 5.11 Å². The van der Waals surface area contributed by atoms with Gasteiger partial charge in [-0.25, -0.2) is 0 Å². The SMILES string of the molecule is CCCCOc1cc(O)c(C(C)(C)c2cc3ccccc3s2)cc1Br. The van der Waals surface area contributed by atoms with Crippen molar-refractivity contribution in [1.82, 2.24) is 0 Å². The highest BCUT2D eigenvalue weighted by molar-refractivity contribution is 9.10. The van der Waals surface area contributed by atoms with E-state index in [1.807, 2.05) is 6.07 Å². The Kier molecular flexibility index (Phi) is 5.40. The van der Waals surface area contributed by atoms with Crippen molar-refractivity contribution in [2.75, 3.05) is 6.61 Å². The number of unbranched alkanes of at least 4 members (excludes halogenated alkanes) is 1. The minimum Gasteiger partial charge on any atom is -0.507 e. The Hall–Kier alpha value is -1.52. The van der Waals surface area contributed by atoms with Gasteiger partial charge in [0.25, 0.3) is 0 Å². The second-order valence-corrected chi connectivity index (χ2v) is 8.71. The fraction of sp³-hybridized carbons (Fsp3) is 0.333. The summed E-state index contributed by atoms with van der Waals surface area (Å²) < 4.78 is 7.92. The summed E-state index contributed by atoms with van der Waals surface area (Å²) in [5.74, 6) is 0.971. The Balaban J connectivity index is 1.97. The predicted octanol–water partition coefficient (Wildman–Crippen LogP) is 6.87. The van der Waals surface area contributed by atoms with Gasteiger partial charge in [-0.1, -0.05) is 45.4 Å². The first kappa shape index (κ1) is 18.3. The topological polar surface area (TPSA) is 29.5 Å². The molecule has 25 heavy (non-hydrogen) atoms. The van der Waals surface area contributed by atoms with Crippen LogP contribution in [0.4, 0.5) is 0 Å². The first-order chi connectivity index (χ1) is 11.9. The van der Waals surface area contributed by atoms with Crippen LogP contribution in [0.5, 0.6) is 11.5 Å². The summed E-state index contributed by atoms with van der Waals surface area (Å²) in [6, 6.07) is 14.3. The molecule has 0 atom stereocenters. The molecule has 0 aliphatic heterocycles. The number of ether oxygens (including phenoxy) is 1. The monoisotopic (exact) mass is 418 g/mol.